The molecule has 1 aromatic carbocycles. The van der Waals surface area contributed by atoms with Crippen molar-refractivity contribution in [1.82, 2.24) is 9.88 Å². The number of benzene rings is 1. The maximum absolute atomic E-state index is 12.3. The lowest BCUT2D eigenvalue weighted by Crippen LogP contribution is -2.32. The van der Waals surface area contributed by atoms with Crippen molar-refractivity contribution in [3.8, 4) is 0 Å². The molecular formula is C16H20N2O2. The van der Waals surface area contributed by atoms with Gasteiger partial charge in [-0.3, -0.25) is 4.79 Å². The number of hydrogen-bond acceptors (Lipinski definition) is 2. The summed E-state index contributed by atoms with van der Waals surface area (Å²) < 4.78 is 7.47. The van der Waals surface area contributed by atoms with Crippen LogP contribution in [-0.4, -0.2) is 29.7 Å². The van der Waals surface area contributed by atoms with Gasteiger partial charge in [-0.1, -0.05) is 12.1 Å². The van der Waals surface area contributed by atoms with Crippen LogP contribution in [0.2, 0.25) is 0 Å². The Balaban J connectivity index is 1.78. The van der Waals surface area contributed by atoms with Crippen molar-refractivity contribution in [2.75, 3.05) is 13.2 Å². The zero-order chi connectivity index (χ0) is 14.1. The van der Waals surface area contributed by atoms with Gasteiger partial charge in [0.05, 0.1) is 6.10 Å². The van der Waals surface area contributed by atoms with Crippen LogP contribution in [0.4, 0.5) is 0 Å². The highest BCUT2D eigenvalue weighted by atomic mass is 16.5. The summed E-state index contributed by atoms with van der Waals surface area (Å²) in [7, 11) is 1.93. The van der Waals surface area contributed by atoms with E-state index in [4.69, 9.17) is 4.74 Å². The molecule has 106 valence electrons. The molecule has 1 unspecified atom stereocenters. The number of ether oxygens (including phenoxy) is 1. The molecule has 4 heteroatoms. The summed E-state index contributed by atoms with van der Waals surface area (Å²) in [5.74, 6) is -0.0307. The van der Waals surface area contributed by atoms with E-state index in [1.165, 1.54) is 5.56 Å². The van der Waals surface area contributed by atoms with Gasteiger partial charge in [0.25, 0.3) is 5.91 Å². The Bertz CT molecular complexity index is 639. The van der Waals surface area contributed by atoms with Gasteiger partial charge in [-0.15, -0.1) is 0 Å². The van der Waals surface area contributed by atoms with Crippen molar-refractivity contribution in [3.63, 3.8) is 0 Å². The molecule has 1 amide bonds. The minimum Gasteiger partial charge on any atom is -0.376 e. The van der Waals surface area contributed by atoms with Crippen LogP contribution in [0.3, 0.4) is 0 Å². The van der Waals surface area contributed by atoms with Crippen molar-refractivity contribution >= 4 is 16.8 Å². The molecule has 1 aliphatic rings. The molecule has 1 N–H and O–H groups in total. The summed E-state index contributed by atoms with van der Waals surface area (Å²) in [4.78, 5) is 12.3. The van der Waals surface area contributed by atoms with E-state index in [9.17, 15) is 4.79 Å². The van der Waals surface area contributed by atoms with Crippen LogP contribution >= 0.6 is 0 Å². The smallest absolute Gasteiger partial charge is 0.268 e. The zero-order valence-corrected chi connectivity index (χ0v) is 12.0. The average Bonchev–Trinajstić information content (AvgIpc) is 3.05. The fourth-order valence-electron chi connectivity index (χ4n) is 2.76. The lowest BCUT2D eigenvalue weighted by Gasteiger charge is -2.11. The molecule has 0 aliphatic carbocycles. The number of carbonyl (C=O) groups excluding carboxylic acids is 1. The standard InChI is InChI=1S/C16H20N2O2/c1-11-5-6-12-9-15(18(2)14(12)8-11)16(19)17-10-13-4-3-7-20-13/h5-6,8-9,13H,3-4,7,10H2,1-2H3,(H,17,19). The van der Waals surface area contributed by atoms with Crippen molar-refractivity contribution in [2.45, 2.75) is 25.9 Å². The minimum absolute atomic E-state index is 0.0307. The van der Waals surface area contributed by atoms with E-state index >= 15 is 0 Å². The third kappa shape index (κ3) is 2.43. The first-order valence-corrected chi connectivity index (χ1v) is 7.11. The number of amides is 1. The lowest BCUT2D eigenvalue weighted by atomic mass is 10.2. The Morgan fingerprint density at radius 1 is 1.45 bits per heavy atom. The maximum atomic E-state index is 12.3. The molecule has 0 radical (unpaired) electrons. The minimum atomic E-state index is -0.0307. The SMILES string of the molecule is Cc1ccc2cc(C(=O)NCC3CCCO3)n(C)c2c1. The second kappa shape index (κ2) is 5.29. The van der Waals surface area contributed by atoms with Crippen LogP contribution in [0.5, 0.6) is 0 Å². The zero-order valence-electron chi connectivity index (χ0n) is 12.0. The molecule has 3 rings (SSSR count). The number of aryl methyl sites for hydroxylation is 2. The van der Waals surface area contributed by atoms with Crippen molar-refractivity contribution in [1.29, 1.82) is 0 Å². The summed E-state index contributed by atoms with van der Waals surface area (Å²) in [5, 5.41) is 4.07. The highest BCUT2D eigenvalue weighted by Crippen LogP contribution is 2.20. The van der Waals surface area contributed by atoms with Gasteiger partial charge in [-0.25, -0.2) is 0 Å². The van der Waals surface area contributed by atoms with E-state index in [2.05, 4.69) is 30.4 Å². The van der Waals surface area contributed by atoms with Gasteiger partial charge in [-0.05, 0) is 37.5 Å². The second-order valence-electron chi connectivity index (χ2n) is 5.50. The number of hydrogen-bond donors (Lipinski definition) is 1. The predicted molar refractivity (Wildman–Crippen MR) is 79.0 cm³/mol. The van der Waals surface area contributed by atoms with Crippen molar-refractivity contribution in [3.05, 3.63) is 35.5 Å². The van der Waals surface area contributed by atoms with Crippen LogP contribution in [0.25, 0.3) is 10.9 Å². The Kier molecular flexibility index (Phi) is 3.49. The lowest BCUT2D eigenvalue weighted by molar-refractivity contribution is 0.0851. The molecule has 1 atom stereocenters. The van der Waals surface area contributed by atoms with Gasteiger partial charge in [0.1, 0.15) is 5.69 Å². The number of rotatable bonds is 3. The normalized spacial score (nSPS) is 18.6. The first-order chi connectivity index (χ1) is 9.65. The molecule has 1 aromatic heterocycles. The molecule has 2 heterocycles. The van der Waals surface area contributed by atoms with Gasteiger partial charge in [0.2, 0.25) is 0 Å². The highest BCUT2D eigenvalue weighted by molar-refractivity contribution is 5.98. The van der Waals surface area contributed by atoms with Gasteiger partial charge in [0, 0.05) is 31.1 Å². The van der Waals surface area contributed by atoms with Crippen LogP contribution in [0.15, 0.2) is 24.3 Å². The Hall–Kier alpha value is -1.81. The predicted octanol–water partition coefficient (Wildman–Crippen LogP) is 2.40. The summed E-state index contributed by atoms with van der Waals surface area (Å²) in [6.45, 7) is 3.47. The second-order valence-corrected chi connectivity index (χ2v) is 5.50. The molecule has 4 nitrogen and oxygen atoms in total. The molecule has 0 bridgehead atoms. The number of carbonyl (C=O) groups is 1. The van der Waals surface area contributed by atoms with E-state index in [0.717, 1.165) is 30.4 Å². The summed E-state index contributed by atoms with van der Waals surface area (Å²) in [6, 6.07) is 8.17. The quantitative estimate of drug-likeness (QED) is 0.932. The van der Waals surface area contributed by atoms with Crippen molar-refractivity contribution < 1.29 is 9.53 Å². The molecule has 1 fully saturated rings. The largest absolute Gasteiger partial charge is 0.376 e. The van der Waals surface area contributed by atoms with Crippen LogP contribution < -0.4 is 5.32 Å². The van der Waals surface area contributed by atoms with E-state index in [0.29, 0.717) is 12.2 Å². The van der Waals surface area contributed by atoms with E-state index in [1.807, 2.05) is 17.7 Å². The number of aromatic nitrogens is 1. The molecule has 1 aliphatic heterocycles. The average molecular weight is 272 g/mol. The van der Waals surface area contributed by atoms with Gasteiger partial charge < -0.3 is 14.6 Å². The third-order valence-electron chi connectivity index (χ3n) is 3.95. The van der Waals surface area contributed by atoms with Crippen LogP contribution in [-0.2, 0) is 11.8 Å². The monoisotopic (exact) mass is 272 g/mol. The Morgan fingerprint density at radius 2 is 2.30 bits per heavy atom. The molecule has 2 aromatic rings. The molecular weight excluding hydrogens is 252 g/mol. The molecule has 0 spiro atoms. The fraction of sp³-hybridized carbons (Fsp3) is 0.438. The van der Waals surface area contributed by atoms with E-state index < -0.39 is 0 Å². The molecule has 20 heavy (non-hydrogen) atoms. The fourth-order valence-corrected chi connectivity index (χ4v) is 2.76. The van der Waals surface area contributed by atoms with Gasteiger partial charge >= 0.3 is 0 Å². The van der Waals surface area contributed by atoms with Crippen LogP contribution in [0.1, 0.15) is 28.9 Å². The van der Waals surface area contributed by atoms with E-state index in [-0.39, 0.29) is 12.0 Å². The summed E-state index contributed by atoms with van der Waals surface area (Å²) in [5.41, 5.74) is 2.99. The molecule has 0 saturated carbocycles. The topological polar surface area (TPSA) is 43.3 Å². The summed E-state index contributed by atoms with van der Waals surface area (Å²) in [6.07, 6.45) is 2.30. The highest BCUT2D eigenvalue weighted by Gasteiger charge is 2.18. The first-order valence-electron chi connectivity index (χ1n) is 7.11. The first kappa shape index (κ1) is 13.2. The van der Waals surface area contributed by atoms with Crippen LogP contribution in [0, 0.1) is 6.92 Å². The van der Waals surface area contributed by atoms with Gasteiger partial charge in [0.15, 0.2) is 0 Å². The van der Waals surface area contributed by atoms with E-state index in [1.54, 1.807) is 0 Å². The Labute approximate surface area is 118 Å². The third-order valence-corrected chi connectivity index (χ3v) is 3.95. The van der Waals surface area contributed by atoms with Crippen molar-refractivity contribution in [2.24, 2.45) is 7.05 Å². The summed E-state index contributed by atoms with van der Waals surface area (Å²) >= 11 is 0. The maximum Gasteiger partial charge on any atom is 0.268 e. The molecule has 1 saturated heterocycles. The number of nitrogens with zero attached hydrogens (tertiary/aromatic N) is 1. The van der Waals surface area contributed by atoms with Gasteiger partial charge in [-0.2, -0.15) is 0 Å². The Morgan fingerprint density at radius 3 is 3.05 bits per heavy atom. The number of nitrogens with one attached hydrogen (secondary N) is 1. The number of fused-ring (bicyclic) bond motifs is 1.